The first-order valence-corrected chi connectivity index (χ1v) is 6.79. The molecule has 0 saturated carbocycles. The van der Waals surface area contributed by atoms with Gasteiger partial charge >= 0.3 is 12.2 Å². The fraction of sp³-hybridized carbons (Fsp3) is 0.333. The summed E-state index contributed by atoms with van der Waals surface area (Å²) in [5.74, 6) is 0. The Balaban J connectivity index is 1.95. The van der Waals surface area contributed by atoms with Crippen LogP contribution in [0.25, 0.3) is 0 Å². The van der Waals surface area contributed by atoms with Gasteiger partial charge in [0.1, 0.15) is 6.61 Å². The van der Waals surface area contributed by atoms with Crippen LogP contribution in [0.2, 0.25) is 0 Å². The zero-order chi connectivity index (χ0) is 15.1. The first-order valence-electron chi connectivity index (χ1n) is 6.79. The highest BCUT2D eigenvalue weighted by Crippen LogP contribution is 2.11. The van der Waals surface area contributed by atoms with Crippen molar-refractivity contribution in [2.24, 2.45) is 0 Å². The van der Waals surface area contributed by atoms with Crippen molar-refractivity contribution in [3.63, 3.8) is 0 Å². The number of hydrogen-bond acceptors (Lipinski definition) is 4. The van der Waals surface area contributed by atoms with E-state index in [1.54, 1.807) is 19.1 Å². The lowest BCUT2D eigenvalue weighted by Crippen LogP contribution is -2.51. The summed E-state index contributed by atoms with van der Waals surface area (Å²) in [5.41, 5.74) is 0.890. The van der Waals surface area contributed by atoms with E-state index >= 15 is 0 Å². The number of hydrogen-bond donors (Lipinski definition) is 0. The molecule has 0 unspecified atom stereocenters. The van der Waals surface area contributed by atoms with E-state index in [1.807, 2.05) is 30.3 Å². The standard InChI is InChI=1S/C15H18N2O4/c1-2-20-14(18)16-10-6-7-11-17(16)15(19)21-12-13-8-4-3-5-9-13/h3-9H,2,10-12H2,1H3. The second kappa shape index (κ2) is 7.33. The molecule has 0 saturated heterocycles. The third kappa shape index (κ3) is 3.98. The fourth-order valence-corrected chi connectivity index (χ4v) is 1.88. The minimum absolute atomic E-state index is 0.163. The van der Waals surface area contributed by atoms with Crippen LogP contribution in [0.4, 0.5) is 9.59 Å². The topological polar surface area (TPSA) is 59.1 Å². The fourth-order valence-electron chi connectivity index (χ4n) is 1.88. The molecule has 112 valence electrons. The molecule has 2 rings (SSSR count). The van der Waals surface area contributed by atoms with Gasteiger partial charge in [0, 0.05) is 0 Å². The molecule has 6 heteroatoms. The van der Waals surface area contributed by atoms with E-state index in [1.165, 1.54) is 10.0 Å². The Kier molecular flexibility index (Phi) is 5.20. The van der Waals surface area contributed by atoms with E-state index in [2.05, 4.69) is 0 Å². The lowest BCUT2D eigenvalue weighted by molar-refractivity contribution is -0.0148. The highest BCUT2D eigenvalue weighted by atomic mass is 16.6. The SMILES string of the molecule is CCOC(=O)N1CC=CCN1C(=O)OCc1ccccc1. The lowest BCUT2D eigenvalue weighted by atomic mass is 10.2. The molecule has 0 aliphatic carbocycles. The van der Waals surface area contributed by atoms with Crippen molar-refractivity contribution in [2.75, 3.05) is 19.7 Å². The van der Waals surface area contributed by atoms with Crippen molar-refractivity contribution in [3.05, 3.63) is 48.0 Å². The molecule has 0 atom stereocenters. The molecule has 0 bridgehead atoms. The van der Waals surface area contributed by atoms with E-state index in [0.29, 0.717) is 6.54 Å². The highest BCUT2D eigenvalue weighted by Gasteiger charge is 2.28. The summed E-state index contributed by atoms with van der Waals surface area (Å²) in [7, 11) is 0. The van der Waals surface area contributed by atoms with Gasteiger partial charge in [-0.05, 0) is 12.5 Å². The van der Waals surface area contributed by atoms with Crippen LogP contribution < -0.4 is 0 Å². The number of benzene rings is 1. The van der Waals surface area contributed by atoms with Crippen LogP contribution in [-0.4, -0.2) is 41.9 Å². The van der Waals surface area contributed by atoms with Gasteiger partial charge in [-0.25, -0.2) is 19.6 Å². The van der Waals surface area contributed by atoms with Crippen molar-refractivity contribution >= 4 is 12.2 Å². The van der Waals surface area contributed by atoms with Gasteiger partial charge in [-0.15, -0.1) is 0 Å². The van der Waals surface area contributed by atoms with Gasteiger partial charge in [0.05, 0.1) is 19.7 Å². The maximum absolute atomic E-state index is 12.1. The molecule has 0 radical (unpaired) electrons. The highest BCUT2D eigenvalue weighted by molar-refractivity contribution is 5.74. The summed E-state index contributed by atoms with van der Waals surface area (Å²) in [6.45, 7) is 2.71. The van der Waals surface area contributed by atoms with E-state index in [-0.39, 0.29) is 19.8 Å². The van der Waals surface area contributed by atoms with Crippen LogP contribution in [0, 0.1) is 0 Å². The molecule has 6 nitrogen and oxygen atoms in total. The van der Waals surface area contributed by atoms with Crippen LogP contribution >= 0.6 is 0 Å². The number of carbonyl (C=O) groups is 2. The van der Waals surface area contributed by atoms with Gasteiger partial charge in [0.15, 0.2) is 0 Å². The first kappa shape index (κ1) is 14.9. The summed E-state index contributed by atoms with van der Waals surface area (Å²) in [4.78, 5) is 23.9. The quantitative estimate of drug-likeness (QED) is 0.803. The second-order valence-corrected chi connectivity index (χ2v) is 4.37. The van der Waals surface area contributed by atoms with Crippen LogP contribution in [0.1, 0.15) is 12.5 Å². The van der Waals surface area contributed by atoms with Crippen molar-refractivity contribution in [1.29, 1.82) is 0 Å². The average Bonchev–Trinajstić information content (AvgIpc) is 2.54. The van der Waals surface area contributed by atoms with Crippen molar-refractivity contribution < 1.29 is 19.1 Å². The van der Waals surface area contributed by atoms with Gasteiger partial charge in [0.2, 0.25) is 0 Å². The van der Waals surface area contributed by atoms with Crippen LogP contribution in [0.5, 0.6) is 0 Å². The van der Waals surface area contributed by atoms with Crippen molar-refractivity contribution in [1.82, 2.24) is 10.0 Å². The molecule has 21 heavy (non-hydrogen) atoms. The molecule has 0 N–H and O–H groups in total. The lowest BCUT2D eigenvalue weighted by Gasteiger charge is -2.33. The number of rotatable bonds is 3. The average molecular weight is 290 g/mol. The number of ether oxygens (including phenoxy) is 2. The summed E-state index contributed by atoms with van der Waals surface area (Å²) >= 11 is 0. The monoisotopic (exact) mass is 290 g/mol. The predicted octanol–water partition coefficient (Wildman–Crippen LogP) is 2.57. The molecule has 2 amide bonds. The summed E-state index contributed by atoms with van der Waals surface area (Å²) < 4.78 is 10.2. The number of carbonyl (C=O) groups excluding carboxylic acids is 2. The molecular formula is C15H18N2O4. The van der Waals surface area contributed by atoms with Crippen LogP contribution in [0.3, 0.4) is 0 Å². The molecule has 1 aliphatic heterocycles. The summed E-state index contributed by atoms with van der Waals surface area (Å²) in [6, 6.07) is 9.37. The molecule has 0 fully saturated rings. The molecule has 0 spiro atoms. The largest absolute Gasteiger partial charge is 0.448 e. The number of nitrogens with zero attached hydrogens (tertiary/aromatic N) is 2. The smallest absolute Gasteiger partial charge is 0.429 e. The van der Waals surface area contributed by atoms with E-state index in [4.69, 9.17) is 9.47 Å². The van der Waals surface area contributed by atoms with Crippen LogP contribution in [-0.2, 0) is 16.1 Å². The summed E-state index contributed by atoms with van der Waals surface area (Å²) in [6.07, 6.45) is 2.48. The third-order valence-corrected chi connectivity index (χ3v) is 2.91. The number of hydrazine groups is 1. The maximum Gasteiger partial charge on any atom is 0.429 e. The van der Waals surface area contributed by atoms with Crippen LogP contribution in [0.15, 0.2) is 42.5 Å². The minimum Gasteiger partial charge on any atom is -0.448 e. The van der Waals surface area contributed by atoms with Gasteiger partial charge in [0.25, 0.3) is 0 Å². The minimum atomic E-state index is -0.573. The van der Waals surface area contributed by atoms with Gasteiger partial charge in [-0.2, -0.15) is 0 Å². The molecular weight excluding hydrogens is 272 g/mol. The van der Waals surface area contributed by atoms with Gasteiger partial charge in [-0.1, -0.05) is 42.5 Å². The Hall–Kier alpha value is -2.50. The Morgan fingerprint density at radius 3 is 2.14 bits per heavy atom. The van der Waals surface area contributed by atoms with Crippen molar-refractivity contribution in [2.45, 2.75) is 13.5 Å². The predicted molar refractivity (Wildman–Crippen MR) is 76.2 cm³/mol. The third-order valence-electron chi connectivity index (χ3n) is 2.91. The van der Waals surface area contributed by atoms with E-state index < -0.39 is 12.2 Å². The zero-order valence-corrected chi connectivity index (χ0v) is 11.9. The maximum atomic E-state index is 12.1. The molecule has 1 heterocycles. The number of amides is 2. The Labute approximate surface area is 123 Å². The summed E-state index contributed by atoms with van der Waals surface area (Å²) in [5, 5.41) is 2.47. The van der Waals surface area contributed by atoms with E-state index in [9.17, 15) is 9.59 Å². The second-order valence-electron chi connectivity index (χ2n) is 4.37. The normalized spacial score (nSPS) is 14.0. The first-order chi connectivity index (χ1) is 10.2. The van der Waals surface area contributed by atoms with Gasteiger partial charge in [-0.3, -0.25) is 0 Å². The zero-order valence-electron chi connectivity index (χ0n) is 11.9. The Morgan fingerprint density at radius 2 is 1.57 bits per heavy atom. The Bertz CT molecular complexity index is 516. The molecule has 1 aliphatic rings. The molecule has 1 aromatic carbocycles. The van der Waals surface area contributed by atoms with E-state index in [0.717, 1.165) is 5.56 Å². The Morgan fingerprint density at radius 1 is 1.00 bits per heavy atom. The molecule has 0 aromatic heterocycles. The van der Waals surface area contributed by atoms with Crippen molar-refractivity contribution in [3.8, 4) is 0 Å². The molecule has 1 aromatic rings. The van der Waals surface area contributed by atoms with Gasteiger partial charge < -0.3 is 9.47 Å².